The normalized spacial score (nSPS) is 24.5. The molecule has 3 rings (SSSR count). The van der Waals surface area contributed by atoms with Gasteiger partial charge in [-0.1, -0.05) is 6.42 Å². The van der Waals surface area contributed by atoms with Gasteiger partial charge in [0, 0.05) is 25.3 Å². The zero-order valence-electron chi connectivity index (χ0n) is 12.4. The Kier molecular flexibility index (Phi) is 3.57. The zero-order valence-corrected chi connectivity index (χ0v) is 12.4. The zero-order chi connectivity index (χ0) is 15.0. The Labute approximate surface area is 124 Å². The number of carbonyl (C=O) groups is 1. The lowest BCUT2D eigenvalue weighted by atomic mass is 9.74. The third kappa shape index (κ3) is 2.48. The third-order valence-corrected chi connectivity index (χ3v) is 5.11. The highest BCUT2D eigenvalue weighted by Gasteiger charge is 2.43. The quantitative estimate of drug-likeness (QED) is 0.859. The molecule has 6 heteroatoms. The van der Waals surface area contributed by atoms with Gasteiger partial charge in [-0.3, -0.25) is 0 Å². The van der Waals surface area contributed by atoms with Crippen molar-refractivity contribution >= 4 is 11.8 Å². The molecular formula is C15H22N4O2. The van der Waals surface area contributed by atoms with Crippen LogP contribution in [-0.2, 0) is 0 Å². The second kappa shape index (κ2) is 5.26. The minimum atomic E-state index is -1.02. The number of aromatic nitrogens is 2. The van der Waals surface area contributed by atoms with Crippen molar-refractivity contribution in [2.45, 2.75) is 45.1 Å². The lowest BCUT2D eigenvalue weighted by molar-refractivity contribution is 0.0690. The van der Waals surface area contributed by atoms with Crippen molar-refractivity contribution in [2.24, 2.45) is 11.1 Å². The lowest BCUT2D eigenvalue weighted by Gasteiger charge is -2.42. The van der Waals surface area contributed by atoms with E-state index in [1.54, 1.807) is 0 Å². The number of anilines is 1. The molecule has 1 saturated heterocycles. The Hall–Kier alpha value is -1.69. The maximum absolute atomic E-state index is 11.3. The second-order valence-electron chi connectivity index (χ2n) is 6.34. The number of piperidine rings is 1. The van der Waals surface area contributed by atoms with Crippen LogP contribution in [0.25, 0.3) is 0 Å². The number of aryl methyl sites for hydroxylation is 1. The SMILES string of the molecule is Cc1cnc(C(=O)O)c(N2CCC3(CCC[C@H]3N)CC2)n1. The van der Waals surface area contributed by atoms with E-state index in [0.29, 0.717) is 11.9 Å². The molecule has 1 aromatic rings. The monoisotopic (exact) mass is 290 g/mol. The third-order valence-electron chi connectivity index (χ3n) is 5.11. The summed E-state index contributed by atoms with van der Waals surface area (Å²) in [6.07, 6.45) is 7.07. The second-order valence-corrected chi connectivity index (χ2v) is 6.34. The molecule has 1 aliphatic carbocycles. The number of rotatable bonds is 2. The minimum absolute atomic E-state index is 0.0484. The van der Waals surface area contributed by atoms with Gasteiger partial charge in [0.1, 0.15) is 0 Å². The molecule has 2 heterocycles. The molecule has 0 unspecified atom stereocenters. The molecule has 0 bridgehead atoms. The number of nitrogens with zero attached hydrogens (tertiary/aromatic N) is 3. The van der Waals surface area contributed by atoms with Gasteiger partial charge >= 0.3 is 5.97 Å². The van der Waals surface area contributed by atoms with Crippen LogP contribution in [0.1, 0.15) is 48.3 Å². The number of aromatic carboxylic acids is 1. The average Bonchev–Trinajstić information content (AvgIpc) is 2.80. The van der Waals surface area contributed by atoms with Crippen LogP contribution in [0.3, 0.4) is 0 Å². The van der Waals surface area contributed by atoms with E-state index in [1.165, 1.54) is 19.0 Å². The van der Waals surface area contributed by atoms with Crippen LogP contribution in [-0.4, -0.2) is 40.2 Å². The summed E-state index contributed by atoms with van der Waals surface area (Å²) in [5, 5.41) is 9.29. The summed E-state index contributed by atoms with van der Waals surface area (Å²) in [6, 6.07) is 0.294. The molecule has 1 spiro atoms. The van der Waals surface area contributed by atoms with Gasteiger partial charge in [0.25, 0.3) is 0 Å². The summed E-state index contributed by atoms with van der Waals surface area (Å²) in [5.41, 5.74) is 7.34. The van der Waals surface area contributed by atoms with E-state index < -0.39 is 5.97 Å². The summed E-state index contributed by atoms with van der Waals surface area (Å²) < 4.78 is 0. The lowest BCUT2D eigenvalue weighted by Crippen LogP contribution is -2.47. The molecule has 2 fully saturated rings. The van der Waals surface area contributed by atoms with E-state index in [0.717, 1.165) is 38.0 Å². The van der Waals surface area contributed by atoms with Crippen molar-refractivity contribution in [1.82, 2.24) is 9.97 Å². The van der Waals surface area contributed by atoms with Gasteiger partial charge in [0.05, 0.1) is 5.69 Å². The van der Waals surface area contributed by atoms with E-state index in [-0.39, 0.29) is 11.1 Å². The Bertz CT molecular complexity index is 553. The van der Waals surface area contributed by atoms with Crippen LogP contribution in [0.15, 0.2) is 6.20 Å². The molecule has 1 saturated carbocycles. The van der Waals surface area contributed by atoms with Gasteiger partial charge in [-0.15, -0.1) is 0 Å². The van der Waals surface area contributed by atoms with Crippen LogP contribution in [0.4, 0.5) is 5.82 Å². The van der Waals surface area contributed by atoms with Crippen LogP contribution in [0.5, 0.6) is 0 Å². The van der Waals surface area contributed by atoms with Crippen LogP contribution >= 0.6 is 0 Å². The first-order chi connectivity index (χ1) is 10.0. The van der Waals surface area contributed by atoms with E-state index >= 15 is 0 Å². The first kappa shape index (κ1) is 14.3. The molecule has 2 aliphatic rings. The molecule has 1 aliphatic heterocycles. The number of hydrogen-bond acceptors (Lipinski definition) is 5. The number of carboxylic acids is 1. The number of carboxylic acid groups (broad SMARTS) is 1. The summed E-state index contributed by atoms with van der Waals surface area (Å²) in [4.78, 5) is 21.8. The summed E-state index contributed by atoms with van der Waals surface area (Å²) in [7, 11) is 0. The standard InChI is InChI=1S/C15H22N4O2/c1-10-9-17-12(14(20)21)13(18-10)19-7-5-15(6-8-19)4-2-3-11(15)16/h9,11H,2-8,16H2,1H3,(H,20,21)/t11-/m1/s1. The Morgan fingerprint density at radius 2 is 2.14 bits per heavy atom. The van der Waals surface area contributed by atoms with E-state index in [1.807, 2.05) is 6.92 Å². The molecule has 1 aromatic heterocycles. The predicted octanol–water partition coefficient (Wildman–Crippen LogP) is 1.58. The maximum atomic E-state index is 11.3. The molecule has 0 radical (unpaired) electrons. The largest absolute Gasteiger partial charge is 0.476 e. The predicted molar refractivity (Wildman–Crippen MR) is 79.4 cm³/mol. The topological polar surface area (TPSA) is 92.3 Å². The summed E-state index contributed by atoms with van der Waals surface area (Å²) in [6.45, 7) is 3.46. The van der Waals surface area contributed by atoms with Gasteiger partial charge in [0.2, 0.25) is 0 Å². The van der Waals surface area contributed by atoms with Crippen molar-refractivity contribution in [3.63, 3.8) is 0 Å². The molecule has 6 nitrogen and oxygen atoms in total. The molecule has 21 heavy (non-hydrogen) atoms. The van der Waals surface area contributed by atoms with Gasteiger partial charge < -0.3 is 15.7 Å². The van der Waals surface area contributed by atoms with Crippen molar-refractivity contribution in [2.75, 3.05) is 18.0 Å². The van der Waals surface area contributed by atoms with Gasteiger partial charge in [-0.2, -0.15) is 0 Å². The van der Waals surface area contributed by atoms with Gasteiger partial charge in [0.15, 0.2) is 11.5 Å². The molecule has 3 N–H and O–H groups in total. The Morgan fingerprint density at radius 3 is 2.71 bits per heavy atom. The smallest absolute Gasteiger partial charge is 0.358 e. The number of hydrogen-bond donors (Lipinski definition) is 2. The molecule has 0 amide bonds. The van der Waals surface area contributed by atoms with Crippen LogP contribution < -0.4 is 10.6 Å². The van der Waals surface area contributed by atoms with Crippen LogP contribution in [0, 0.1) is 12.3 Å². The fourth-order valence-electron chi connectivity index (χ4n) is 3.79. The highest BCUT2D eigenvalue weighted by molar-refractivity contribution is 5.91. The fraction of sp³-hybridized carbons (Fsp3) is 0.667. The molecule has 1 atom stereocenters. The maximum Gasteiger partial charge on any atom is 0.358 e. The van der Waals surface area contributed by atoms with Gasteiger partial charge in [-0.25, -0.2) is 14.8 Å². The van der Waals surface area contributed by atoms with Crippen molar-refractivity contribution in [3.8, 4) is 0 Å². The summed E-state index contributed by atoms with van der Waals surface area (Å²) >= 11 is 0. The Balaban J connectivity index is 1.81. The fourth-order valence-corrected chi connectivity index (χ4v) is 3.79. The van der Waals surface area contributed by atoms with Crippen molar-refractivity contribution < 1.29 is 9.90 Å². The highest BCUT2D eigenvalue weighted by atomic mass is 16.4. The van der Waals surface area contributed by atoms with Crippen molar-refractivity contribution in [1.29, 1.82) is 0 Å². The van der Waals surface area contributed by atoms with E-state index in [4.69, 9.17) is 5.73 Å². The van der Waals surface area contributed by atoms with E-state index in [2.05, 4.69) is 14.9 Å². The Morgan fingerprint density at radius 1 is 1.43 bits per heavy atom. The van der Waals surface area contributed by atoms with Crippen LogP contribution in [0.2, 0.25) is 0 Å². The summed E-state index contributed by atoms with van der Waals surface area (Å²) in [5.74, 6) is -0.515. The van der Waals surface area contributed by atoms with E-state index in [9.17, 15) is 9.90 Å². The molecule has 114 valence electrons. The van der Waals surface area contributed by atoms with Gasteiger partial charge in [-0.05, 0) is 38.0 Å². The first-order valence-electron chi connectivity index (χ1n) is 7.59. The molecular weight excluding hydrogens is 268 g/mol. The average molecular weight is 290 g/mol. The minimum Gasteiger partial charge on any atom is -0.476 e. The first-order valence-corrected chi connectivity index (χ1v) is 7.59. The van der Waals surface area contributed by atoms with Crippen molar-refractivity contribution in [3.05, 3.63) is 17.6 Å². The highest BCUT2D eigenvalue weighted by Crippen LogP contribution is 2.45. The molecule has 0 aromatic carbocycles. The number of nitrogens with two attached hydrogens (primary N) is 1.